The predicted octanol–water partition coefficient (Wildman–Crippen LogP) is -0.437. The topological polar surface area (TPSA) is 106 Å². The van der Waals surface area contributed by atoms with E-state index < -0.39 is 10.1 Å². The summed E-state index contributed by atoms with van der Waals surface area (Å²) in [5.74, 6) is 0.322. The molecule has 1 aromatic heterocycles. The third-order valence-corrected chi connectivity index (χ3v) is 0.586. The number of aromatic nitrogens is 2. The van der Waals surface area contributed by atoms with Crippen molar-refractivity contribution in [3.05, 3.63) is 18.5 Å². The van der Waals surface area contributed by atoms with Crippen molar-refractivity contribution >= 4 is 16.1 Å². The molecule has 0 radical (unpaired) electrons. The molecule has 12 heavy (non-hydrogen) atoms. The summed E-state index contributed by atoms with van der Waals surface area (Å²) in [5, 5.41) is 0. The molecular formula is C5H9N3O3S. The Hall–Kier alpha value is -1.21. The van der Waals surface area contributed by atoms with Gasteiger partial charge in [0.15, 0.2) is 0 Å². The number of anilines is 1. The van der Waals surface area contributed by atoms with Gasteiger partial charge in [-0.05, 0) is 6.07 Å². The fourth-order valence-electron chi connectivity index (χ4n) is 0.311. The van der Waals surface area contributed by atoms with Gasteiger partial charge in [0.25, 0.3) is 10.1 Å². The summed E-state index contributed by atoms with van der Waals surface area (Å²) in [7, 11) is -3.67. The molecule has 0 aromatic carbocycles. The van der Waals surface area contributed by atoms with Crippen molar-refractivity contribution in [3.8, 4) is 0 Å². The Labute approximate surface area is 70.2 Å². The van der Waals surface area contributed by atoms with E-state index in [1.165, 1.54) is 0 Å². The molecule has 1 rings (SSSR count). The highest BCUT2D eigenvalue weighted by Gasteiger charge is 1.81. The summed E-state index contributed by atoms with van der Waals surface area (Å²) in [4.78, 5) is 7.29. The van der Waals surface area contributed by atoms with Gasteiger partial charge in [-0.3, -0.25) is 4.55 Å². The molecule has 0 aliphatic heterocycles. The summed E-state index contributed by atoms with van der Waals surface area (Å²) in [5.41, 5.74) is 5.14. The first kappa shape index (κ1) is 10.8. The Morgan fingerprint density at radius 3 is 1.92 bits per heavy atom. The highest BCUT2D eigenvalue weighted by Crippen LogP contribution is 1.81. The number of nitrogens with two attached hydrogens (primary N) is 1. The summed E-state index contributed by atoms with van der Waals surface area (Å²) >= 11 is 0. The zero-order chi connectivity index (χ0) is 9.61. The first-order chi connectivity index (χ1) is 5.39. The zero-order valence-corrected chi connectivity index (χ0v) is 7.19. The fraction of sp³-hybridized carbons (Fsp3) is 0.200. The molecule has 68 valence electrons. The van der Waals surface area contributed by atoms with E-state index in [1.807, 2.05) is 0 Å². The van der Waals surface area contributed by atoms with E-state index in [2.05, 4.69) is 9.97 Å². The van der Waals surface area contributed by atoms with Crippen LogP contribution < -0.4 is 5.73 Å². The molecule has 1 heterocycles. The second kappa shape index (κ2) is 4.62. The van der Waals surface area contributed by atoms with E-state index in [0.717, 1.165) is 0 Å². The Bertz CT molecular complexity index is 302. The molecular weight excluding hydrogens is 182 g/mol. The van der Waals surface area contributed by atoms with Crippen LogP contribution in [0.5, 0.6) is 0 Å². The van der Waals surface area contributed by atoms with E-state index >= 15 is 0 Å². The lowest BCUT2D eigenvalue weighted by Crippen LogP contribution is -1.90. The van der Waals surface area contributed by atoms with Gasteiger partial charge in [-0.1, -0.05) is 0 Å². The number of nitrogens with zero attached hydrogens (tertiary/aromatic N) is 2. The van der Waals surface area contributed by atoms with Crippen LogP contribution in [0.15, 0.2) is 18.5 Å². The third kappa shape index (κ3) is 11.6. The number of nitrogen functional groups attached to an aromatic ring is 1. The molecule has 0 spiro atoms. The Morgan fingerprint density at radius 1 is 1.42 bits per heavy atom. The van der Waals surface area contributed by atoms with Crippen molar-refractivity contribution in [1.82, 2.24) is 9.97 Å². The summed E-state index contributed by atoms with van der Waals surface area (Å²) in [6.45, 7) is 0. The van der Waals surface area contributed by atoms with Gasteiger partial charge in [-0.15, -0.1) is 0 Å². The quantitative estimate of drug-likeness (QED) is 0.538. The van der Waals surface area contributed by atoms with Gasteiger partial charge < -0.3 is 5.73 Å². The first-order valence-electron chi connectivity index (χ1n) is 2.84. The maximum absolute atomic E-state index is 9.19. The van der Waals surface area contributed by atoms with Crippen LogP contribution in [0.1, 0.15) is 0 Å². The van der Waals surface area contributed by atoms with Crippen molar-refractivity contribution in [3.63, 3.8) is 0 Å². The third-order valence-electron chi connectivity index (χ3n) is 0.586. The second-order valence-electron chi connectivity index (χ2n) is 1.84. The monoisotopic (exact) mass is 191 g/mol. The molecule has 0 atom stereocenters. The lowest BCUT2D eigenvalue weighted by atomic mass is 10.7. The Morgan fingerprint density at radius 2 is 1.75 bits per heavy atom. The summed E-state index contributed by atoms with van der Waals surface area (Å²) in [6.07, 6.45) is 3.91. The van der Waals surface area contributed by atoms with Crippen LogP contribution in [-0.4, -0.2) is 29.2 Å². The minimum atomic E-state index is -3.67. The van der Waals surface area contributed by atoms with Crippen molar-refractivity contribution in [1.29, 1.82) is 0 Å². The highest BCUT2D eigenvalue weighted by atomic mass is 32.2. The Balaban J connectivity index is 0.000000217. The number of rotatable bonds is 0. The lowest BCUT2D eigenvalue weighted by Gasteiger charge is -1.82. The largest absolute Gasteiger partial charge is 0.368 e. The van der Waals surface area contributed by atoms with E-state index in [1.54, 1.807) is 18.5 Å². The van der Waals surface area contributed by atoms with Gasteiger partial charge in [0.2, 0.25) is 5.95 Å². The standard InChI is InChI=1S/C4H5N3.CH4O3S/c5-4-6-2-1-3-7-4;1-5(2,3)4/h1-3H,(H2,5,6,7);1H3,(H,2,3,4). The molecule has 0 aliphatic rings. The van der Waals surface area contributed by atoms with Crippen LogP contribution in [0.4, 0.5) is 5.95 Å². The van der Waals surface area contributed by atoms with Crippen LogP contribution in [0.25, 0.3) is 0 Å². The van der Waals surface area contributed by atoms with Crippen LogP contribution in [-0.2, 0) is 10.1 Å². The minimum Gasteiger partial charge on any atom is -0.368 e. The van der Waals surface area contributed by atoms with Crippen molar-refractivity contribution < 1.29 is 13.0 Å². The van der Waals surface area contributed by atoms with Crippen molar-refractivity contribution in [2.75, 3.05) is 12.0 Å². The van der Waals surface area contributed by atoms with Gasteiger partial charge in [0.1, 0.15) is 0 Å². The lowest BCUT2D eigenvalue weighted by molar-refractivity contribution is 0.490. The van der Waals surface area contributed by atoms with Gasteiger partial charge in [0.05, 0.1) is 6.26 Å². The summed E-state index contributed by atoms with van der Waals surface area (Å²) in [6, 6.07) is 1.72. The molecule has 0 amide bonds. The molecule has 6 nitrogen and oxygen atoms in total. The van der Waals surface area contributed by atoms with E-state index in [4.69, 9.17) is 10.3 Å². The van der Waals surface area contributed by atoms with Crippen LogP contribution in [0.3, 0.4) is 0 Å². The maximum atomic E-state index is 9.19. The minimum absolute atomic E-state index is 0.322. The molecule has 0 unspecified atom stereocenters. The van der Waals surface area contributed by atoms with Crippen LogP contribution in [0, 0.1) is 0 Å². The SMILES string of the molecule is CS(=O)(=O)O.Nc1ncccn1. The smallest absolute Gasteiger partial charge is 0.261 e. The van der Waals surface area contributed by atoms with E-state index in [9.17, 15) is 8.42 Å². The number of hydrogen-bond donors (Lipinski definition) is 2. The molecule has 1 aromatic rings. The van der Waals surface area contributed by atoms with Crippen LogP contribution >= 0.6 is 0 Å². The second-order valence-corrected chi connectivity index (χ2v) is 3.31. The highest BCUT2D eigenvalue weighted by molar-refractivity contribution is 7.85. The molecule has 3 N–H and O–H groups in total. The van der Waals surface area contributed by atoms with Gasteiger partial charge in [-0.25, -0.2) is 9.97 Å². The molecule has 0 saturated heterocycles. The van der Waals surface area contributed by atoms with Crippen molar-refractivity contribution in [2.45, 2.75) is 0 Å². The van der Waals surface area contributed by atoms with E-state index in [0.29, 0.717) is 12.2 Å². The molecule has 0 fully saturated rings. The molecule has 7 heteroatoms. The average Bonchev–Trinajstić information content (AvgIpc) is 1.85. The predicted molar refractivity (Wildman–Crippen MR) is 43.9 cm³/mol. The fourth-order valence-corrected chi connectivity index (χ4v) is 0.311. The normalized spacial score (nSPS) is 9.83. The first-order valence-corrected chi connectivity index (χ1v) is 4.69. The van der Waals surface area contributed by atoms with Gasteiger partial charge in [0, 0.05) is 12.4 Å². The maximum Gasteiger partial charge on any atom is 0.261 e. The average molecular weight is 191 g/mol. The summed E-state index contributed by atoms with van der Waals surface area (Å²) < 4.78 is 25.9. The van der Waals surface area contributed by atoms with Crippen molar-refractivity contribution in [2.24, 2.45) is 0 Å². The molecule has 0 bridgehead atoms. The molecule has 0 saturated carbocycles. The molecule has 0 aliphatic carbocycles. The zero-order valence-electron chi connectivity index (χ0n) is 6.38. The Kier molecular flexibility index (Phi) is 4.16. The van der Waals surface area contributed by atoms with Crippen LogP contribution in [0.2, 0.25) is 0 Å². The van der Waals surface area contributed by atoms with E-state index in [-0.39, 0.29) is 0 Å². The number of hydrogen-bond acceptors (Lipinski definition) is 5. The van der Waals surface area contributed by atoms with Gasteiger partial charge in [-0.2, -0.15) is 8.42 Å². The van der Waals surface area contributed by atoms with Gasteiger partial charge >= 0.3 is 0 Å².